The molecular weight excluding hydrogens is 394 g/mol. The number of nitrogens with zero attached hydrogens (tertiary/aromatic N) is 2. The zero-order valence-electron chi connectivity index (χ0n) is 18.1. The van der Waals surface area contributed by atoms with Gasteiger partial charge in [0.1, 0.15) is 5.60 Å². The van der Waals surface area contributed by atoms with Crippen molar-refractivity contribution in [3.63, 3.8) is 0 Å². The minimum Gasteiger partial charge on any atom is -0.444 e. The molecule has 1 aromatic carbocycles. The molecule has 1 aromatic rings. The number of guanidine groups is 1. The number of carbonyl (C=O) groups is 1. The van der Waals surface area contributed by atoms with Crippen molar-refractivity contribution in [1.29, 1.82) is 0 Å². The minimum atomic E-state index is -3.55. The summed E-state index contributed by atoms with van der Waals surface area (Å²) in [6, 6.07) is 6.79. The molecule has 0 aliphatic carbocycles. The van der Waals surface area contributed by atoms with Gasteiger partial charge in [-0.15, -0.1) is 0 Å². The van der Waals surface area contributed by atoms with Crippen LogP contribution < -0.4 is 16.0 Å². The van der Waals surface area contributed by atoms with E-state index in [2.05, 4.69) is 20.9 Å². The molecule has 0 atom stereocenters. The van der Waals surface area contributed by atoms with Crippen molar-refractivity contribution in [3.05, 3.63) is 29.8 Å². The van der Waals surface area contributed by atoms with Gasteiger partial charge < -0.3 is 20.7 Å². The van der Waals surface area contributed by atoms with Crippen LogP contribution in [0.2, 0.25) is 0 Å². The molecule has 0 saturated heterocycles. The average molecular weight is 428 g/mol. The predicted octanol–water partition coefficient (Wildman–Crippen LogP) is 1.52. The van der Waals surface area contributed by atoms with Crippen LogP contribution in [0.15, 0.2) is 34.2 Å². The molecule has 1 amide bonds. The number of nitrogens with one attached hydrogen (secondary N) is 3. The van der Waals surface area contributed by atoms with Crippen LogP contribution in [0.4, 0.5) is 4.79 Å². The molecule has 0 bridgehead atoms. The molecule has 3 N–H and O–H groups in total. The van der Waals surface area contributed by atoms with E-state index in [0.717, 1.165) is 0 Å². The average Bonchev–Trinajstić information content (AvgIpc) is 2.61. The summed E-state index contributed by atoms with van der Waals surface area (Å²) in [5, 5.41) is 8.85. The predicted molar refractivity (Wildman–Crippen MR) is 114 cm³/mol. The quantitative estimate of drug-likeness (QED) is 0.329. The molecule has 0 fully saturated rings. The fraction of sp³-hybridized carbons (Fsp3) is 0.579. The molecule has 0 aromatic heterocycles. The van der Waals surface area contributed by atoms with E-state index in [0.29, 0.717) is 31.2 Å². The summed E-state index contributed by atoms with van der Waals surface area (Å²) in [5.74, 6) is 0.524. The Bertz CT molecular complexity index is 801. The van der Waals surface area contributed by atoms with Gasteiger partial charge in [0.05, 0.1) is 11.4 Å². The highest BCUT2D eigenvalue weighted by atomic mass is 32.2. The smallest absolute Gasteiger partial charge is 0.407 e. The zero-order valence-corrected chi connectivity index (χ0v) is 18.9. The molecule has 0 unspecified atom stereocenters. The van der Waals surface area contributed by atoms with Crippen molar-refractivity contribution in [2.45, 2.75) is 44.7 Å². The lowest BCUT2D eigenvalue weighted by Gasteiger charge is -2.20. The first-order valence-corrected chi connectivity index (χ1v) is 10.9. The minimum absolute atomic E-state index is 0.193. The number of aliphatic imine (C=N–C) groups is 1. The van der Waals surface area contributed by atoms with Crippen LogP contribution in [0.5, 0.6) is 0 Å². The van der Waals surface area contributed by atoms with Crippen LogP contribution in [-0.4, -0.2) is 64.1 Å². The lowest BCUT2D eigenvalue weighted by molar-refractivity contribution is 0.0529. The van der Waals surface area contributed by atoms with Gasteiger partial charge in [-0.05, 0) is 39.3 Å². The standard InChI is InChI=1S/C19H33N5O4S/c1-7-20-17(21-12-13-22-18(25)28-19(2,3)4)23-14-15-10-8-9-11-16(15)29(26,27)24(5)6/h8-11H,7,12-14H2,1-6H3,(H,22,25)(H2,20,21,23). The zero-order chi connectivity index (χ0) is 22.1. The first kappa shape index (κ1) is 24.7. The normalized spacial score (nSPS) is 12.6. The van der Waals surface area contributed by atoms with Gasteiger partial charge in [-0.25, -0.2) is 22.5 Å². The third-order valence-electron chi connectivity index (χ3n) is 3.57. The number of benzene rings is 1. The molecular formula is C19H33N5O4S. The number of hydrogen-bond donors (Lipinski definition) is 3. The Kier molecular flexibility index (Phi) is 9.38. The number of sulfonamides is 1. The Balaban J connectivity index is 2.73. The fourth-order valence-corrected chi connectivity index (χ4v) is 3.36. The van der Waals surface area contributed by atoms with Crippen LogP contribution in [0, 0.1) is 0 Å². The first-order valence-electron chi connectivity index (χ1n) is 9.47. The molecule has 164 valence electrons. The highest BCUT2D eigenvalue weighted by molar-refractivity contribution is 7.89. The van der Waals surface area contributed by atoms with E-state index in [1.54, 1.807) is 45.0 Å². The second-order valence-corrected chi connectivity index (χ2v) is 9.57. The van der Waals surface area contributed by atoms with Crippen LogP contribution in [0.25, 0.3) is 0 Å². The molecule has 0 aliphatic heterocycles. The van der Waals surface area contributed by atoms with Gasteiger partial charge in [-0.1, -0.05) is 18.2 Å². The van der Waals surface area contributed by atoms with Gasteiger partial charge >= 0.3 is 6.09 Å². The van der Waals surface area contributed by atoms with E-state index < -0.39 is 21.7 Å². The van der Waals surface area contributed by atoms with E-state index in [9.17, 15) is 13.2 Å². The molecule has 9 nitrogen and oxygen atoms in total. The molecule has 0 heterocycles. The largest absolute Gasteiger partial charge is 0.444 e. The highest BCUT2D eigenvalue weighted by Gasteiger charge is 2.20. The Labute approximate surface area is 174 Å². The topological polar surface area (TPSA) is 112 Å². The van der Waals surface area contributed by atoms with Crippen LogP contribution >= 0.6 is 0 Å². The Hall–Kier alpha value is -2.33. The van der Waals surface area contributed by atoms with Crippen molar-refractivity contribution >= 4 is 22.1 Å². The lowest BCUT2D eigenvalue weighted by Crippen LogP contribution is -2.42. The number of hydrogen-bond acceptors (Lipinski definition) is 5. The van der Waals surface area contributed by atoms with Gasteiger partial charge in [0.15, 0.2) is 5.96 Å². The van der Waals surface area contributed by atoms with Crippen molar-refractivity contribution in [2.75, 3.05) is 33.7 Å². The van der Waals surface area contributed by atoms with Crippen molar-refractivity contribution in [2.24, 2.45) is 4.99 Å². The lowest BCUT2D eigenvalue weighted by atomic mass is 10.2. The maximum atomic E-state index is 12.5. The molecule has 29 heavy (non-hydrogen) atoms. The Morgan fingerprint density at radius 2 is 1.72 bits per heavy atom. The number of alkyl carbamates (subject to hydrolysis) is 1. The van der Waals surface area contributed by atoms with Crippen molar-refractivity contribution in [1.82, 2.24) is 20.3 Å². The maximum Gasteiger partial charge on any atom is 0.407 e. The van der Waals surface area contributed by atoms with E-state index in [4.69, 9.17) is 4.74 Å². The Morgan fingerprint density at radius 1 is 1.10 bits per heavy atom. The third-order valence-corrected chi connectivity index (χ3v) is 5.48. The van der Waals surface area contributed by atoms with Crippen LogP contribution in [0.1, 0.15) is 33.3 Å². The van der Waals surface area contributed by atoms with Crippen LogP contribution in [-0.2, 0) is 21.3 Å². The number of ether oxygens (including phenoxy) is 1. The van der Waals surface area contributed by atoms with Gasteiger partial charge in [0.25, 0.3) is 0 Å². The van der Waals surface area contributed by atoms with Crippen LogP contribution in [0.3, 0.4) is 0 Å². The fourth-order valence-electron chi connectivity index (χ4n) is 2.25. The summed E-state index contributed by atoms with van der Waals surface area (Å²) in [6.45, 7) is 8.95. The van der Waals surface area contributed by atoms with E-state index in [1.807, 2.05) is 6.92 Å². The van der Waals surface area contributed by atoms with Crippen molar-refractivity contribution < 1.29 is 17.9 Å². The van der Waals surface area contributed by atoms with E-state index in [-0.39, 0.29) is 11.4 Å². The summed E-state index contributed by atoms with van der Waals surface area (Å²) in [4.78, 5) is 16.4. The van der Waals surface area contributed by atoms with Gasteiger partial charge in [0.2, 0.25) is 10.0 Å². The van der Waals surface area contributed by atoms with E-state index >= 15 is 0 Å². The molecule has 1 rings (SSSR count). The molecule has 0 aliphatic rings. The maximum absolute atomic E-state index is 12.5. The summed E-state index contributed by atoms with van der Waals surface area (Å²) < 4.78 is 31.3. The van der Waals surface area contributed by atoms with Gasteiger partial charge in [0, 0.05) is 33.7 Å². The first-order chi connectivity index (χ1) is 13.5. The van der Waals surface area contributed by atoms with Crippen molar-refractivity contribution in [3.8, 4) is 0 Å². The summed E-state index contributed by atoms with van der Waals surface area (Å²) in [6.07, 6.45) is -0.482. The second kappa shape index (κ2) is 11.0. The highest BCUT2D eigenvalue weighted by Crippen LogP contribution is 2.19. The number of carbonyl (C=O) groups excluding carboxylic acids is 1. The summed E-state index contributed by atoms with van der Waals surface area (Å²) >= 11 is 0. The monoisotopic (exact) mass is 427 g/mol. The van der Waals surface area contributed by atoms with E-state index in [1.165, 1.54) is 18.4 Å². The third kappa shape index (κ3) is 8.70. The number of amides is 1. The summed E-state index contributed by atoms with van der Waals surface area (Å²) in [7, 11) is -0.554. The Morgan fingerprint density at radius 3 is 2.31 bits per heavy atom. The SMILES string of the molecule is CCNC(=NCc1ccccc1S(=O)(=O)N(C)C)NCCNC(=O)OC(C)(C)C. The summed E-state index contributed by atoms with van der Waals surface area (Å²) in [5.41, 5.74) is 0.0547. The molecule has 10 heteroatoms. The molecule has 0 saturated carbocycles. The second-order valence-electron chi connectivity index (χ2n) is 7.45. The molecule has 0 spiro atoms. The van der Waals surface area contributed by atoms with Gasteiger partial charge in [-0.2, -0.15) is 0 Å². The number of rotatable bonds is 8. The molecule has 0 radical (unpaired) electrons. The van der Waals surface area contributed by atoms with Gasteiger partial charge in [-0.3, -0.25) is 0 Å².